The van der Waals surface area contributed by atoms with Gasteiger partial charge in [-0.2, -0.15) is 0 Å². The van der Waals surface area contributed by atoms with Crippen LogP contribution in [0.3, 0.4) is 0 Å². The molecular weight excluding hydrogens is 344 g/mol. The van der Waals surface area contributed by atoms with Crippen molar-refractivity contribution in [3.05, 3.63) is 72.6 Å². The predicted molar refractivity (Wildman–Crippen MR) is 101 cm³/mol. The van der Waals surface area contributed by atoms with Crippen molar-refractivity contribution in [2.24, 2.45) is 0 Å². The van der Waals surface area contributed by atoms with Crippen LogP contribution in [0, 0.1) is 0 Å². The van der Waals surface area contributed by atoms with Gasteiger partial charge in [0.15, 0.2) is 5.82 Å². The van der Waals surface area contributed by atoms with Crippen LogP contribution in [0.5, 0.6) is 5.75 Å². The third kappa shape index (κ3) is 3.25. The molecule has 0 bridgehead atoms. The van der Waals surface area contributed by atoms with Gasteiger partial charge in [0.05, 0.1) is 16.8 Å². The third-order valence-electron chi connectivity index (χ3n) is 4.02. The number of phenolic OH excluding ortho intramolecular Hbond substituents is 1. The summed E-state index contributed by atoms with van der Waals surface area (Å²) >= 11 is 0. The summed E-state index contributed by atoms with van der Waals surface area (Å²) in [5, 5.41) is 23.1. The molecule has 0 saturated heterocycles. The SMILES string of the molecule is O=C(O)c1ccc(Nc2nc(-c3cccnc3)nc3ccccc23)c(O)c1. The Kier molecular flexibility index (Phi) is 4.10. The number of pyridine rings is 1. The van der Waals surface area contributed by atoms with E-state index in [4.69, 9.17) is 5.11 Å². The van der Waals surface area contributed by atoms with E-state index in [-0.39, 0.29) is 11.3 Å². The zero-order chi connectivity index (χ0) is 18.8. The maximum absolute atomic E-state index is 11.0. The van der Waals surface area contributed by atoms with E-state index in [2.05, 4.69) is 20.3 Å². The van der Waals surface area contributed by atoms with Gasteiger partial charge in [0.25, 0.3) is 0 Å². The summed E-state index contributed by atoms with van der Waals surface area (Å²) in [5.41, 5.74) is 1.84. The van der Waals surface area contributed by atoms with Crippen LogP contribution in [-0.4, -0.2) is 31.1 Å². The molecule has 27 heavy (non-hydrogen) atoms. The number of carboxylic acid groups (broad SMARTS) is 1. The topological polar surface area (TPSA) is 108 Å². The van der Waals surface area contributed by atoms with Crippen molar-refractivity contribution < 1.29 is 15.0 Å². The molecule has 0 saturated carbocycles. The molecule has 4 aromatic rings. The molecule has 0 amide bonds. The van der Waals surface area contributed by atoms with E-state index in [1.54, 1.807) is 18.5 Å². The maximum atomic E-state index is 11.0. The Labute approximate surface area is 154 Å². The lowest BCUT2D eigenvalue weighted by atomic mass is 10.1. The van der Waals surface area contributed by atoms with Crippen LogP contribution in [0.25, 0.3) is 22.3 Å². The highest BCUT2D eigenvalue weighted by atomic mass is 16.4. The minimum atomic E-state index is -1.11. The third-order valence-corrected chi connectivity index (χ3v) is 4.02. The highest BCUT2D eigenvalue weighted by Gasteiger charge is 2.13. The number of aromatic nitrogens is 3. The molecule has 3 N–H and O–H groups in total. The second-order valence-corrected chi connectivity index (χ2v) is 5.82. The monoisotopic (exact) mass is 358 g/mol. The number of phenols is 1. The Morgan fingerprint density at radius 1 is 1.00 bits per heavy atom. The predicted octanol–water partition coefficient (Wildman–Crippen LogP) is 3.84. The van der Waals surface area contributed by atoms with Crippen LogP contribution >= 0.6 is 0 Å². The molecular formula is C20H14N4O3. The van der Waals surface area contributed by atoms with Crippen LogP contribution in [-0.2, 0) is 0 Å². The molecule has 2 aromatic heterocycles. The lowest BCUT2D eigenvalue weighted by Crippen LogP contribution is -2.01. The number of anilines is 2. The van der Waals surface area contributed by atoms with Crippen LogP contribution in [0.15, 0.2) is 67.0 Å². The molecule has 0 fully saturated rings. The first kappa shape index (κ1) is 16.5. The van der Waals surface area contributed by atoms with Gasteiger partial charge in [-0.15, -0.1) is 0 Å². The van der Waals surface area contributed by atoms with Gasteiger partial charge in [-0.05, 0) is 42.5 Å². The smallest absolute Gasteiger partial charge is 0.335 e. The van der Waals surface area contributed by atoms with Gasteiger partial charge < -0.3 is 15.5 Å². The zero-order valence-corrected chi connectivity index (χ0v) is 14.0. The van der Waals surface area contributed by atoms with Gasteiger partial charge in [0.2, 0.25) is 0 Å². The first-order chi connectivity index (χ1) is 13.1. The molecule has 7 nitrogen and oxygen atoms in total. The first-order valence-corrected chi connectivity index (χ1v) is 8.12. The van der Waals surface area contributed by atoms with Crippen LogP contribution < -0.4 is 5.32 Å². The molecule has 4 rings (SSSR count). The number of hydrogen-bond donors (Lipinski definition) is 3. The molecule has 0 spiro atoms. The number of nitrogens with zero attached hydrogens (tertiary/aromatic N) is 3. The Balaban J connectivity index is 1.82. The average molecular weight is 358 g/mol. The lowest BCUT2D eigenvalue weighted by molar-refractivity contribution is 0.0696. The van der Waals surface area contributed by atoms with E-state index in [0.717, 1.165) is 16.5 Å². The van der Waals surface area contributed by atoms with E-state index in [0.29, 0.717) is 17.3 Å². The molecule has 2 heterocycles. The van der Waals surface area contributed by atoms with Crippen LogP contribution in [0.2, 0.25) is 0 Å². The average Bonchev–Trinajstić information content (AvgIpc) is 2.70. The molecule has 0 radical (unpaired) electrons. The molecule has 0 aliphatic heterocycles. The highest BCUT2D eigenvalue weighted by molar-refractivity contribution is 5.93. The number of hydrogen-bond acceptors (Lipinski definition) is 6. The Morgan fingerprint density at radius 3 is 2.59 bits per heavy atom. The van der Waals surface area contributed by atoms with Crippen molar-refractivity contribution in [1.29, 1.82) is 0 Å². The standard InChI is InChI=1S/C20H14N4O3/c25-17-10-12(20(26)27)7-8-16(17)23-19-14-5-1-2-6-15(14)22-18(24-19)13-4-3-9-21-11-13/h1-11,25H,(H,26,27)(H,22,23,24). The minimum Gasteiger partial charge on any atom is -0.506 e. The van der Waals surface area contributed by atoms with Gasteiger partial charge in [0.1, 0.15) is 11.6 Å². The molecule has 132 valence electrons. The summed E-state index contributed by atoms with van der Waals surface area (Å²) in [6.07, 6.45) is 3.35. The van der Waals surface area contributed by atoms with Crippen LogP contribution in [0.4, 0.5) is 11.5 Å². The number of aromatic hydroxyl groups is 1. The second-order valence-electron chi connectivity index (χ2n) is 5.82. The van der Waals surface area contributed by atoms with Crippen molar-refractivity contribution in [3.8, 4) is 17.1 Å². The maximum Gasteiger partial charge on any atom is 0.335 e. The highest BCUT2D eigenvalue weighted by Crippen LogP contribution is 2.31. The largest absolute Gasteiger partial charge is 0.506 e. The normalized spacial score (nSPS) is 10.7. The molecule has 0 aliphatic rings. The van der Waals surface area contributed by atoms with Crippen molar-refractivity contribution in [2.45, 2.75) is 0 Å². The molecule has 0 unspecified atom stereocenters. The first-order valence-electron chi connectivity index (χ1n) is 8.12. The quantitative estimate of drug-likeness (QED) is 0.476. The summed E-state index contributed by atoms with van der Waals surface area (Å²) in [4.78, 5) is 24.3. The number of nitrogens with one attached hydrogen (secondary N) is 1. The summed E-state index contributed by atoms with van der Waals surface area (Å²) in [6, 6.07) is 15.3. The van der Waals surface area contributed by atoms with Crippen molar-refractivity contribution >= 4 is 28.4 Å². The summed E-state index contributed by atoms with van der Waals surface area (Å²) < 4.78 is 0. The summed E-state index contributed by atoms with van der Waals surface area (Å²) in [6.45, 7) is 0. The number of rotatable bonds is 4. The summed E-state index contributed by atoms with van der Waals surface area (Å²) in [5.74, 6) is -0.299. The number of carbonyl (C=O) groups is 1. The second kappa shape index (κ2) is 6.72. The van der Waals surface area contributed by atoms with Gasteiger partial charge in [-0.25, -0.2) is 14.8 Å². The van der Waals surface area contributed by atoms with E-state index < -0.39 is 5.97 Å². The zero-order valence-electron chi connectivity index (χ0n) is 14.0. The van der Waals surface area contributed by atoms with Gasteiger partial charge >= 0.3 is 5.97 Å². The van der Waals surface area contributed by atoms with E-state index >= 15 is 0 Å². The fraction of sp³-hybridized carbons (Fsp3) is 0. The minimum absolute atomic E-state index is 0.00152. The Morgan fingerprint density at radius 2 is 1.85 bits per heavy atom. The lowest BCUT2D eigenvalue weighted by Gasteiger charge is -2.12. The molecule has 2 aromatic carbocycles. The van der Waals surface area contributed by atoms with Crippen molar-refractivity contribution in [3.63, 3.8) is 0 Å². The molecule has 0 atom stereocenters. The number of fused-ring (bicyclic) bond motifs is 1. The van der Waals surface area contributed by atoms with Gasteiger partial charge in [-0.3, -0.25) is 4.98 Å². The van der Waals surface area contributed by atoms with E-state index in [1.807, 2.05) is 30.3 Å². The molecule has 7 heteroatoms. The number of carboxylic acids is 1. The molecule has 0 aliphatic carbocycles. The Bertz CT molecular complexity index is 1150. The number of para-hydroxylation sites is 1. The fourth-order valence-corrected chi connectivity index (χ4v) is 2.69. The Hall–Kier alpha value is -4.00. The summed E-state index contributed by atoms with van der Waals surface area (Å²) in [7, 11) is 0. The van der Waals surface area contributed by atoms with Crippen molar-refractivity contribution in [1.82, 2.24) is 15.0 Å². The van der Waals surface area contributed by atoms with Gasteiger partial charge in [0, 0.05) is 23.3 Å². The number of aromatic carboxylic acids is 1. The van der Waals surface area contributed by atoms with E-state index in [9.17, 15) is 9.90 Å². The van der Waals surface area contributed by atoms with Crippen molar-refractivity contribution in [2.75, 3.05) is 5.32 Å². The van der Waals surface area contributed by atoms with E-state index in [1.165, 1.54) is 18.2 Å². The van der Waals surface area contributed by atoms with Crippen LogP contribution in [0.1, 0.15) is 10.4 Å². The fourth-order valence-electron chi connectivity index (χ4n) is 2.69. The van der Waals surface area contributed by atoms with Gasteiger partial charge in [-0.1, -0.05) is 12.1 Å². The number of benzene rings is 2.